The normalized spacial score (nSPS) is 24.6. The minimum absolute atomic E-state index is 0.118. The van der Waals surface area contributed by atoms with Gasteiger partial charge >= 0.3 is 0 Å². The maximum Gasteiger partial charge on any atom is 0.123 e. The van der Waals surface area contributed by atoms with Crippen molar-refractivity contribution in [1.82, 2.24) is 5.32 Å². The van der Waals surface area contributed by atoms with Crippen LogP contribution in [0.15, 0.2) is 24.3 Å². The van der Waals surface area contributed by atoms with Crippen LogP contribution >= 0.6 is 0 Å². The van der Waals surface area contributed by atoms with Gasteiger partial charge in [0.05, 0.1) is 0 Å². The minimum atomic E-state index is -0.118. The van der Waals surface area contributed by atoms with Crippen molar-refractivity contribution in [2.24, 2.45) is 11.8 Å². The molecule has 20 heavy (non-hydrogen) atoms. The molecule has 3 atom stereocenters. The zero-order chi connectivity index (χ0) is 14.4. The fraction of sp³-hybridized carbons (Fsp3) is 0.667. The molecule has 0 spiro atoms. The Morgan fingerprint density at radius 2 is 2.15 bits per heavy atom. The Labute approximate surface area is 123 Å². The summed E-state index contributed by atoms with van der Waals surface area (Å²) in [5.41, 5.74) is 1.12. The Morgan fingerprint density at radius 1 is 1.30 bits per heavy atom. The Morgan fingerprint density at radius 3 is 2.85 bits per heavy atom. The third-order valence-electron chi connectivity index (χ3n) is 4.78. The van der Waals surface area contributed by atoms with Gasteiger partial charge in [-0.1, -0.05) is 45.2 Å². The summed E-state index contributed by atoms with van der Waals surface area (Å²) in [6, 6.07) is 7.58. The van der Waals surface area contributed by atoms with Crippen molar-refractivity contribution in [1.29, 1.82) is 0 Å². The van der Waals surface area contributed by atoms with E-state index in [1.165, 1.54) is 38.2 Å². The predicted octanol–water partition coefficient (Wildman–Crippen LogP) is 4.56. The summed E-state index contributed by atoms with van der Waals surface area (Å²) in [4.78, 5) is 0. The van der Waals surface area contributed by atoms with Crippen LogP contribution in [0.2, 0.25) is 0 Å². The van der Waals surface area contributed by atoms with Crippen molar-refractivity contribution in [3.8, 4) is 0 Å². The molecule has 1 N–H and O–H groups in total. The summed E-state index contributed by atoms with van der Waals surface area (Å²) in [5, 5.41) is 3.64. The topological polar surface area (TPSA) is 12.0 Å². The quantitative estimate of drug-likeness (QED) is 0.803. The van der Waals surface area contributed by atoms with Gasteiger partial charge in [0.1, 0.15) is 5.82 Å². The minimum Gasteiger partial charge on any atom is -0.314 e. The van der Waals surface area contributed by atoms with E-state index in [9.17, 15) is 4.39 Å². The van der Waals surface area contributed by atoms with E-state index in [-0.39, 0.29) is 5.82 Å². The first-order valence-electron chi connectivity index (χ1n) is 8.20. The number of hydrogen-bond acceptors (Lipinski definition) is 1. The molecule has 1 saturated carbocycles. The van der Waals surface area contributed by atoms with Gasteiger partial charge in [-0.2, -0.15) is 0 Å². The van der Waals surface area contributed by atoms with Crippen molar-refractivity contribution < 1.29 is 4.39 Å². The first kappa shape index (κ1) is 15.5. The lowest BCUT2D eigenvalue weighted by atomic mass is 9.75. The molecule has 0 saturated heterocycles. The Bertz CT molecular complexity index is 404. The van der Waals surface area contributed by atoms with Crippen LogP contribution in [0.5, 0.6) is 0 Å². The highest BCUT2D eigenvalue weighted by Crippen LogP contribution is 2.33. The molecule has 0 heterocycles. The third kappa shape index (κ3) is 4.31. The molecular formula is C18H28FN. The van der Waals surface area contributed by atoms with Gasteiger partial charge in [0.25, 0.3) is 0 Å². The smallest absolute Gasteiger partial charge is 0.123 e. The second-order valence-corrected chi connectivity index (χ2v) is 6.20. The molecular weight excluding hydrogens is 249 g/mol. The lowest BCUT2D eigenvalue weighted by Crippen LogP contribution is -2.40. The highest BCUT2D eigenvalue weighted by Gasteiger charge is 2.27. The number of rotatable bonds is 6. The Balaban J connectivity index is 2.02. The number of benzene rings is 1. The van der Waals surface area contributed by atoms with E-state index in [0.717, 1.165) is 30.4 Å². The van der Waals surface area contributed by atoms with Gasteiger partial charge in [0.15, 0.2) is 0 Å². The molecule has 3 unspecified atom stereocenters. The summed E-state index contributed by atoms with van der Waals surface area (Å²) in [7, 11) is 0. The standard InChI is InChI=1S/C18H28FN/c1-3-14-7-5-9-16(11-14)18(20-4-2)13-15-8-6-10-17(19)12-15/h6,8,10,12,14,16,18,20H,3-5,7,9,11,13H2,1-2H3. The molecule has 1 aromatic carbocycles. The van der Waals surface area contributed by atoms with Crippen LogP contribution in [-0.4, -0.2) is 12.6 Å². The summed E-state index contributed by atoms with van der Waals surface area (Å²) in [6.45, 7) is 5.47. The zero-order valence-electron chi connectivity index (χ0n) is 12.9. The van der Waals surface area contributed by atoms with Gasteiger partial charge in [-0.05, 0) is 55.3 Å². The predicted molar refractivity (Wildman–Crippen MR) is 83.3 cm³/mol. The molecule has 0 bridgehead atoms. The van der Waals surface area contributed by atoms with E-state index >= 15 is 0 Å². The lowest BCUT2D eigenvalue weighted by Gasteiger charge is -2.35. The van der Waals surface area contributed by atoms with Crippen LogP contribution in [0, 0.1) is 17.7 Å². The molecule has 1 aliphatic carbocycles. The van der Waals surface area contributed by atoms with Crippen LogP contribution in [0.25, 0.3) is 0 Å². The van der Waals surface area contributed by atoms with E-state index in [2.05, 4.69) is 19.2 Å². The summed E-state index contributed by atoms with van der Waals surface area (Å²) >= 11 is 0. The van der Waals surface area contributed by atoms with E-state index < -0.39 is 0 Å². The van der Waals surface area contributed by atoms with Crippen molar-refractivity contribution >= 4 is 0 Å². The molecule has 0 aromatic heterocycles. The number of likely N-dealkylation sites (N-methyl/N-ethyl adjacent to an activating group) is 1. The number of nitrogens with one attached hydrogen (secondary N) is 1. The maximum absolute atomic E-state index is 13.3. The first-order chi connectivity index (χ1) is 9.72. The number of halogens is 1. The molecule has 1 aliphatic rings. The molecule has 0 aliphatic heterocycles. The van der Waals surface area contributed by atoms with Gasteiger partial charge in [0.2, 0.25) is 0 Å². The van der Waals surface area contributed by atoms with Gasteiger partial charge in [0, 0.05) is 6.04 Å². The highest BCUT2D eigenvalue weighted by molar-refractivity contribution is 5.17. The van der Waals surface area contributed by atoms with E-state index in [4.69, 9.17) is 0 Å². The van der Waals surface area contributed by atoms with Crippen molar-refractivity contribution in [3.63, 3.8) is 0 Å². The Kier molecular flexibility index (Phi) is 6.03. The van der Waals surface area contributed by atoms with Crippen molar-refractivity contribution in [2.75, 3.05) is 6.54 Å². The second kappa shape index (κ2) is 7.78. The van der Waals surface area contributed by atoms with Crippen molar-refractivity contribution in [3.05, 3.63) is 35.6 Å². The molecule has 2 rings (SSSR count). The fourth-order valence-electron chi connectivity index (χ4n) is 3.65. The van der Waals surface area contributed by atoms with E-state index in [0.29, 0.717) is 6.04 Å². The molecule has 0 amide bonds. The van der Waals surface area contributed by atoms with Gasteiger partial charge in [-0.3, -0.25) is 0 Å². The molecule has 2 heteroatoms. The largest absolute Gasteiger partial charge is 0.314 e. The van der Waals surface area contributed by atoms with Crippen LogP contribution in [0.3, 0.4) is 0 Å². The van der Waals surface area contributed by atoms with Crippen LogP contribution in [0.4, 0.5) is 4.39 Å². The first-order valence-corrected chi connectivity index (χ1v) is 8.20. The lowest BCUT2D eigenvalue weighted by molar-refractivity contribution is 0.208. The van der Waals surface area contributed by atoms with Crippen LogP contribution < -0.4 is 5.32 Å². The van der Waals surface area contributed by atoms with Gasteiger partial charge in [-0.25, -0.2) is 4.39 Å². The van der Waals surface area contributed by atoms with Gasteiger partial charge < -0.3 is 5.32 Å². The summed E-state index contributed by atoms with van der Waals surface area (Å²) in [5.74, 6) is 1.52. The molecule has 1 fully saturated rings. The molecule has 112 valence electrons. The highest BCUT2D eigenvalue weighted by atomic mass is 19.1. The maximum atomic E-state index is 13.3. The molecule has 0 radical (unpaired) electrons. The summed E-state index contributed by atoms with van der Waals surface area (Å²) in [6.07, 6.45) is 7.66. The fourth-order valence-corrected chi connectivity index (χ4v) is 3.65. The third-order valence-corrected chi connectivity index (χ3v) is 4.78. The van der Waals surface area contributed by atoms with Crippen LogP contribution in [0.1, 0.15) is 51.5 Å². The monoisotopic (exact) mass is 277 g/mol. The molecule has 1 aromatic rings. The summed E-state index contributed by atoms with van der Waals surface area (Å²) < 4.78 is 13.3. The van der Waals surface area contributed by atoms with E-state index in [1.54, 1.807) is 6.07 Å². The average Bonchev–Trinajstić information content (AvgIpc) is 2.47. The second-order valence-electron chi connectivity index (χ2n) is 6.20. The Hall–Kier alpha value is -0.890. The average molecular weight is 277 g/mol. The number of hydrogen-bond donors (Lipinski definition) is 1. The SMILES string of the molecule is CCNC(Cc1cccc(F)c1)C1CCCC(CC)C1. The molecule has 1 nitrogen and oxygen atoms in total. The zero-order valence-corrected chi connectivity index (χ0v) is 12.9. The van der Waals surface area contributed by atoms with Crippen molar-refractivity contribution in [2.45, 2.75) is 58.4 Å². The van der Waals surface area contributed by atoms with Crippen LogP contribution in [-0.2, 0) is 6.42 Å². The van der Waals surface area contributed by atoms with Gasteiger partial charge in [-0.15, -0.1) is 0 Å². The van der Waals surface area contributed by atoms with E-state index in [1.807, 2.05) is 12.1 Å².